The quantitative estimate of drug-likeness (QED) is 0.601. The van der Waals surface area contributed by atoms with Gasteiger partial charge in [-0.3, -0.25) is 9.59 Å². The third-order valence-corrected chi connectivity index (χ3v) is 5.25. The van der Waals surface area contributed by atoms with Gasteiger partial charge in [0.2, 0.25) is 12.7 Å². The standard InChI is InChI=1S/C23H24N2O6/c1-25(2)8-7-24-22(27)10-15(16-9-20-21(11-18(16)26)31-13-30-20)17-12-29-19-6-4-3-5-14(19)23(17)28/h3-6,9,11-12,15,26H,7-8,10,13H2,1-2H3,(H,24,27). The lowest BCUT2D eigenvalue weighted by molar-refractivity contribution is -0.121. The summed E-state index contributed by atoms with van der Waals surface area (Å²) in [4.78, 5) is 27.9. The lowest BCUT2D eigenvalue weighted by atomic mass is 9.87. The van der Waals surface area contributed by atoms with E-state index in [4.69, 9.17) is 13.9 Å². The second-order valence-electron chi connectivity index (χ2n) is 7.69. The molecular formula is C23H24N2O6. The Morgan fingerprint density at radius 2 is 1.90 bits per heavy atom. The molecule has 0 spiro atoms. The van der Waals surface area contributed by atoms with E-state index in [0.717, 1.165) is 0 Å². The van der Waals surface area contributed by atoms with E-state index in [1.807, 2.05) is 19.0 Å². The molecule has 8 nitrogen and oxygen atoms in total. The maximum absolute atomic E-state index is 13.2. The van der Waals surface area contributed by atoms with Gasteiger partial charge in [0, 0.05) is 42.6 Å². The molecule has 2 aromatic carbocycles. The number of likely N-dealkylation sites (N-methyl/N-ethyl adjacent to an activating group) is 1. The number of fused-ring (bicyclic) bond motifs is 2. The second kappa shape index (κ2) is 8.69. The number of rotatable bonds is 7. The van der Waals surface area contributed by atoms with Crippen LogP contribution < -0.4 is 20.2 Å². The highest BCUT2D eigenvalue weighted by atomic mass is 16.7. The Hall–Kier alpha value is -3.52. The lowest BCUT2D eigenvalue weighted by Crippen LogP contribution is -2.32. The topological polar surface area (TPSA) is 101 Å². The summed E-state index contributed by atoms with van der Waals surface area (Å²) in [6.07, 6.45) is 1.33. The molecule has 2 heterocycles. The third kappa shape index (κ3) is 4.34. The number of amides is 1. The van der Waals surface area contributed by atoms with Gasteiger partial charge >= 0.3 is 0 Å². The average molecular weight is 424 g/mol. The fourth-order valence-corrected chi connectivity index (χ4v) is 3.62. The van der Waals surface area contributed by atoms with Gasteiger partial charge in [0.15, 0.2) is 16.9 Å². The smallest absolute Gasteiger partial charge is 0.231 e. The van der Waals surface area contributed by atoms with Crippen LogP contribution in [0.5, 0.6) is 17.2 Å². The molecule has 31 heavy (non-hydrogen) atoms. The zero-order valence-corrected chi connectivity index (χ0v) is 17.4. The number of nitrogens with one attached hydrogen (secondary N) is 1. The van der Waals surface area contributed by atoms with E-state index in [9.17, 15) is 14.7 Å². The molecule has 4 rings (SSSR count). The van der Waals surface area contributed by atoms with Crippen LogP contribution in [0.15, 0.2) is 51.9 Å². The van der Waals surface area contributed by atoms with Crippen LogP contribution in [0.2, 0.25) is 0 Å². The lowest BCUT2D eigenvalue weighted by Gasteiger charge is -2.19. The van der Waals surface area contributed by atoms with Crippen molar-refractivity contribution in [1.29, 1.82) is 0 Å². The molecule has 1 aromatic heterocycles. The first kappa shape index (κ1) is 20.7. The molecule has 0 aliphatic carbocycles. The fourth-order valence-electron chi connectivity index (χ4n) is 3.62. The molecule has 3 aromatic rings. The summed E-state index contributed by atoms with van der Waals surface area (Å²) in [7, 11) is 3.83. The predicted octanol–water partition coefficient (Wildman–Crippen LogP) is 2.43. The molecule has 8 heteroatoms. The summed E-state index contributed by atoms with van der Waals surface area (Å²) in [6, 6.07) is 9.98. The largest absolute Gasteiger partial charge is 0.508 e. The second-order valence-corrected chi connectivity index (χ2v) is 7.69. The van der Waals surface area contributed by atoms with E-state index in [0.29, 0.717) is 41.1 Å². The van der Waals surface area contributed by atoms with Crippen LogP contribution >= 0.6 is 0 Å². The zero-order chi connectivity index (χ0) is 22.0. The van der Waals surface area contributed by atoms with Crippen molar-refractivity contribution in [2.75, 3.05) is 34.0 Å². The number of carbonyl (C=O) groups excluding carboxylic acids is 1. The molecule has 1 unspecified atom stereocenters. The normalized spacial score (nSPS) is 13.5. The molecular weight excluding hydrogens is 400 g/mol. The van der Waals surface area contributed by atoms with Crippen LogP contribution in [0.3, 0.4) is 0 Å². The van der Waals surface area contributed by atoms with Crippen LogP contribution in [0, 0.1) is 0 Å². The SMILES string of the molecule is CN(C)CCNC(=O)CC(c1cc2c(cc1O)OCO2)c1coc2ccccc2c1=O. The van der Waals surface area contributed by atoms with Gasteiger partial charge in [-0.25, -0.2) is 0 Å². The van der Waals surface area contributed by atoms with E-state index in [1.54, 1.807) is 30.3 Å². The van der Waals surface area contributed by atoms with Crippen molar-refractivity contribution in [1.82, 2.24) is 10.2 Å². The van der Waals surface area contributed by atoms with Crippen LogP contribution in [0.25, 0.3) is 11.0 Å². The molecule has 0 fully saturated rings. The molecule has 1 amide bonds. The molecule has 162 valence electrons. The summed E-state index contributed by atoms with van der Waals surface area (Å²) < 4.78 is 16.4. The van der Waals surface area contributed by atoms with E-state index < -0.39 is 5.92 Å². The summed E-state index contributed by atoms with van der Waals surface area (Å²) in [5.74, 6) is -0.175. The Kier molecular flexibility index (Phi) is 5.81. The molecule has 0 saturated carbocycles. The number of phenols is 1. The Balaban J connectivity index is 1.74. The number of benzene rings is 2. The minimum Gasteiger partial charge on any atom is -0.508 e. The molecule has 0 radical (unpaired) electrons. The van der Waals surface area contributed by atoms with Gasteiger partial charge < -0.3 is 29.2 Å². The van der Waals surface area contributed by atoms with Crippen molar-refractivity contribution in [3.05, 3.63) is 64.0 Å². The monoisotopic (exact) mass is 424 g/mol. The zero-order valence-electron chi connectivity index (χ0n) is 17.4. The highest BCUT2D eigenvalue weighted by Crippen LogP contribution is 2.42. The minimum absolute atomic E-state index is 0.0380. The molecule has 0 bridgehead atoms. The van der Waals surface area contributed by atoms with E-state index in [-0.39, 0.29) is 35.9 Å². The molecule has 2 N–H and O–H groups in total. The Morgan fingerprint density at radius 3 is 2.68 bits per heavy atom. The number of carbonyl (C=O) groups is 1. The summed E-state index contributed by atoms with van der Waals surface area (Å²) >= 11 is 0. The number of para-hydroxylation sites is 1. The van der Waals surface area contributed by atoms with Gasteiger partial charge in [0.1, 0.15) is 11.3 Å². The number of nitrogens with zero attached hydrogens (tertiary/aromatic N) is 1. The average Bonchev–Trinajstić information content (AvgIpc) is 3.19. The van der Waals surface area contributed by atoms with Gasteiger partial charge in [0.05, 0.1) is 11.6 Å². The number of hydrogen-bond donors (Lipinski definition) is 2. The van der Waals surface area contributed by atoms with Crippen LogP contribution in [-0.2, 0) is 4.79 Å². The van der Waals surface area contributed by atoms with Gasteiger partial charge in [0.25, 0.3) is 0 Å². The number of ether oxygens (including phenoxy) is 2. The van der Waals surface area contributed by atoms with E-state index in [2.05, 4.69) is 5.32 Å². The molecule has 1 aliphatic heterocycles. The van der Waals surface area contributed by atoms with Crippen molar-refractivity contribution >= 4 is 16.9 Å². The van der Waals surface area contributed by atoms with Crippen molar-refractivity contribution in [2.45, 2.75) is 12.3 Å². The Bertz CT molecular complexity index is 1170. The van der Waals surface area contributed by atoms with Crippen molar-refractivity contribution < 1.29 is 23.8 Å². The van der Waals surface area contributed by atoms with Crippen molar-refractivity contribution in [3.63, 3.8) is 0 Å². The highest BCUT2D eigenvalue weighted by Gasteiger charge is 2.28. The highest BCUT2D eigenvalue weighted by molar-refractivity contribution is 5.80. The number of aromatic hydroxyl groups is 1. The van der Waals surface area contributed by atoms with Crippen molar-refractivity contribution in [2.24, 2.45) is 0 Å². The first-order valence-corrected chi connectivity index (χ1v) is 9.98. The van der Waals surface area contributed by atoms with Crippen LogP contribution in [0.4, 0.5) is 0 Å². The maximum Gasteiger partial charge on any atom is 0.231 e. The number of phenolic OH excluding ortho intramolecular Hbond substituents is 1. The fraction of sp³-hybridized carbons (Fsp3) is 0.304. The summed E-state index contributed by atoms with van der Waals surface area (Å²) in [6.45, 7) is 1.20. The van der Waals surface area contributed by atoms with Gasteiger partial charge in [-0.2, -0.15) is 0 Å². The first-order valence-electron chi connectivity index (χ1n) is 9.98. The van der Waals surface area contributed by atoms with Crippen LogP contribution in [-0.4, -0.2) is 49.9 Å². The first-order chi connectivity index (χ1) is 14.9. The van der Waals surface area contributed by atoms with E-state index >= 15 is 0 Å². The van der Waals surface area contributed by atoms with Gasteiger partial charge in [-0.1, -0.05) is 12.1 Å². The third-order valence-electron chi connectivity index (χ3n) is 5.25. The van der Waals surface area contributed by atoms with Gasteiger partial charge in [-0.15, -0.1) is 0 Å². The predicted molar refractivity (Wildman–Crippen MR) is 115 cm³/mol. The maximum atomic E-state index is 13.2. The Morgan fingerprint density at radius 1 is 1.16 bits per heavy atom. The minimum atomic E-state index is -0.727. The molecule has 1 aliphatic rings. The molecule has 1 atom stereocenters. The van der Waals surface area contributed by atoms with E-state index in [1.165, 1.54) is 12.3 Å². The summed E-state index contributed by atoms with van der Waals surface area (Å²) in [5, 5.41) is 13.9. The summed E-state index contributed by atoms with van der Waals surface area (Å²) in [5.41, 5.74) is 0.899. The van der Waals surface area contributed by atoms with Crippen LogP contribution in [0.1, 0.15) is 23.5 Å². The molecule has 0 saturated heterocycles. The Labute approximate surface area is 179 Å². The van der Waals surface area contributed by atoms with Gasteiger partial charge in [-0.05, 0) is 32.3 Å². The number of hydrogen-bond acceptors (Lipinski definition) is 7. The van der Waals surface area contributed by atoms with Crippen molar-refractivity contribution in [3.8, 4) is 17.2 Å².